The molecule has 3 aromatic rings. The van der Waals surface area contributed by atoms with E-state index in [9.17, 15) is 18.0 Å². The first-order chi connectivity index (χ1) is 15.4. The molecule has 0 aliphatic carbocycles. The largest absolute Gasteiger partial charge is 0.419 e. The van der Waals surface area contributed by atoms with Crippen molar-refractivity contribution in [3.8, 4) is 0 Å². The number of hydrogen-bond donors (Lipinski definition) is 1. The number of para-hydroxylation sites is 2. The molecule has 0 unspecified atom stereocenters. The smallest absolute Gasteiger partial charge is 0.408 e. The summed E-state index contributed by atoms with van der Waals surface area (Å²) in [5, 5.41) is 3.07. The number of amides is 1. The van der Waals surface area contributed by atoms with E-state index in [1.54, 1.807) is 37.3 Å². The van der Waals surface area contributed by atoms with E-state index < -0.39 is 15.6 Å². The van der Waals surface area contributed by atoms with Gasteiger partial charge < -0.3 is 14.6 Å². The standard InChI is InChI=1S/C23H27N3O5S/c1-2-32(29,30)19-9-7-18(8-10-19)25-14-11-17(12-15-25)24-22(27)13-16-26-20-5-3-4-6-21(20)31-23(26)28/h3-10,17H,2,11-16H2,1H3,(H,24,27). The lowest BCUT2D eigenvalue weighted by atomic mass is 10.0. The molecule has 2 aromatic carbocycles. The summed E-state index contributed by atoms with van der Waals surface area (Å²) in [5.41, 5.74) is 2.19. The SMILES string of the molecule is CCS(=O)(=O)c1ccc(N2CCC(NC(=O)CCn3c(=O)oc4ccccc43)CC2)cc1. The van der Waals surface area contributed by atoms with Crippen LogP contribution >= 0.6 is 0 Å². The summed E-state index contributed by atoms with van der Waals surface area (Å²) in [6, 6.07) is 14.2. The van der Waals surface area contributed by atoms with Crippen molar-refractivity contribution < 1.29 is 17.6 Å². The van der Waals surface area contributed by atoms with Crippen molar-refractivity contribution in [1.82, 2.24) is 9.88 Å². The van der Waals surface area contributed by atoms with Crippen LogP contribution in [0.1, 0.15) is 26.2 Å². The topological polar surface area (TPSA) is 102 Å². The monoisotopic (exact) mass is 457 g/mol. The van der Waals surface area contributed by atoms with Gasteiger partial charge in [0.25, 0.3) is 0 Å². The van der Waals surface area contributed by atoms with E-state index in [4.69, 9.17) is 4.42 Å². The number of benzene rings is 2. The van der Waals surface area contributed by atoms with Gasteiger partial charge in [0, 0.05) is 37.8 Å². The predicted octanol–water partition coefficient (Wildman–Crippen LogP) is 2.56. The summed E-state index contributed by atoms with van der Waals surface area (Å²) in [4.78, 5) is 27.0. The molecule has 1 fully saturated rings. The molecular formula is C23H27N3O5S. The number of carbonyl (C=O) groups is 1. The number of aromatic nitrogens is 1. The first kappa shape index (κ1) is 22.1. The Bertz CT molecular complexity index is 1250. The van der Waals surface area contributed by atoms with Crippen LogP contribution in [0.3, 0.4) is 0 Å². The van der Waals surface area contributed by atoms with Crippen LogP contribution in [-0.4, -0.2) is 43.8 Å². The number of hydrogen-bond acceptors (Lipinski definition) is 6. The van der Waals surface area contributed by atoms with Gasteiger partial charge in [-0.1, -0.05) is 19.1 Å². The molecule has 1 aliphatic heterocycles. The number of aryl methyl sites for hydroxylation is 1. The fourth-order valence-electron chi connectivity index (χ4n) is 4.05. The van der Waals surface area contributed by atoms with Crippen molar-refractivity contribution in [3.05, 3.63) is 59.1 Å². The second-order valence-corrected chi connectivity index (χ2v) is 10.2. The normalized spacial score (nSPS) is 15.2. The van der Waals surface area contributed by atoms with Gasteiger partial charge in [-0.25, -0.2) is 13.2 Å². The highest BCUT2D eigenvalue weighted by molar-refractivity contribution is 7.91. The number of piperidine rings is 1. The molecule has 0 radical (unpaired) electrons. The fourth-order valence-corrected chi connectivity index (χ4v) is 4.94. The van der Waals surface area contributed by atoms with Gasteiger partial charge in [-0.05, 0) is 49.2 Å². The Kier molecular flexibility index (Phi) is 6.36. The minimum absolute atomic E-state index is 0.0799. The van der Waals surface area contributed by atoms with Crippen molar-refractivity contribution in [2.75, 3.05) is 23.7 Å². The van der Waals surface area contributed by atoms with Crippen LogP contribution in [0.25, 0.3) is 11.1 Å². The van der Waals surface area contributed by atoms with Crippen molar-refractivity contribution in [2.24, 2.45) is 0 Å². The molecule has 0 atom stereocenters. The molecule has 0 saturated carbocycles. The lowest BCUT2D eigenvalue weighted by molar-refractivity contribution is -0.122. The molecule has 0 bridgehead atoms. The Morgan fingerprint density at radius 2 is 1.78 bits per heavy atom. The Morgan fingerprint density at radius 3 is 2.47 bits per heavy atom. The summed E-state index contributed by atoms with van der Waals surface area (Å²) in [7, 11) is -3.20. The van der Waals surface area contributed by atoms with Crippen molar-refractivity contribution in [1.29, 1.82) is 0 Å². The van der Waals surface area contributed by atoms with Gasteiger partial charge in [0.2, 0.25) is 5.91 Å². The van der Waals surface area contributed by atoms with E-state index in [2.05, 4.69) is 10.2 Å². The van der Waals surface area contributed by atoms with Gasteiger partial charge in [-0.15, -0.1) is 0 Å². The first-order valence-electron chi connectivity index (χ1n) is 10.8. The highest BCUT2D eigenvalue weighted by Crippen LogP contribution is 2.22. The number of fused-ring (bicyclic) bond motifs is 1. The number of anilines is 1. The Balaban J connectivity index is 1.28. The average molecular weight is 458 g/mol. The zero-order valence-electron chi connectivity index (χ0n) is 18.0. The Hall–Kier alpha value is -3.07. The maximum atomic E-state index is 12.4. The summed E-state index contributed by atoms with van der Waals surface area (Å²) < 4.78 is 30.6. The average Bonchev–Trinajstić information content (AvgIpc) is 3.13. The van der Waals surface area contributed by atoms with Crippen LogP contribution in [-0.2, 0) is 21.2 Å². The molecule has 2 heterocycles. The van der Waals surface area contributed by atoms with Crippen LogP contribution in [0.5, 0.6) is 0 Å². The molecular weight excluding hydrogens is 430 g/mol. The zero-order valence-corrected chi connectivity index (χ0v) is 18.8. The third-order valence-electron chi connectivity index (χ3n) is 5.94. The summed E-state index contributed by atoms with van der Waals surface area (Å²) in [6.07, 6.45) is 1.81. The van der Waals surface area contributed by atoms with Gasteiger partial charge in [0.1, 0.15) is 0 Å². The quantitative estimate of drug-likeness (QED) is 0.585. The van der Waals surface area contributed by atoms with Crippen LogP contribution in [0.2, 0.25) is 0 Å². The number of nitrogens with one attached hydrogen (secondary N) is 1. The van der Waals surface area contributed by atoms with E-state index in [1.807, 2.05) is 18.2 Å². The van der Waals surface area contributed by atoms with E-state index in [0.717, 1.165) is 31.6 Å². The van der Waals surface area contributed by atoms with E-state index >= 15 is 0 Å². The maximum absolute atomic E-state index is 12.4. The second-order valence-electron chi connectivity index (χ2n) is 7.96. The maximum Gasteiger partial charge on any atom is 0.419 e. The molecule has 1 saturated heterocycles. The fraction of sp³-hybridized carbons (Fsp3) is 0.391. The number of oxazole rings is 1. The summed E-state index contributed by atoms with van der Waals surface area (Å²) >= 11 is 0. The molecule has 1 aromatic heterocycles. The third kappa shape index (κ3) is 4.72. The molecule has 32 heavy (non-hydrogen) atoms. The molecule has 1 amide bonds. The predicted molar refractivity (Wildman–Crippen MR) is 123 cm³/mol. The number of rotatable bonds is 7. The lowest BCUT2D eigenvalue weighted by Crippen LogP contribution is -2.45. The molecule has 4 rings (SSSR count). The van der Waals surface area contributed by atoms with E-state index in [-0.39, 0.29) is 30.7 Å². The third-order valence-corrected chi connectivity index (χ3v) is 7.69. The first-order valence-corrected chi connectivity index (χ1v) is 12.5. The van der Waals surface area contributed by atoms with E-state index in [1.165, 1.54) is 4.57 Å². The second kappa shape index (κ2) is 9.20. The molecule has 1 aliphatic rings. The Morgan fingerprint density at radius 1 is 1.09 bits per heavy atom. The van der Waals surface area contributed by atoms with Gasteiger partial charge in [0.15, 0.2) is 15.4 Å². The van der Waals surface area contributed by atoms with Crippen molar-refractivity contribution >= 4 is 32.5 Å². The summed E-state index contributed by atoms with van der Waals surface area (Å²) in [6.45, 7) is 3.46. The summed E-state index contributed by atoms with van der Waals surface area (Å²) in [5.74, 6) is -0.456. The minimum atomic E-state index is -3.20. The Labute approximate surface area is 186 Å². The number of carbonyl (C=O) groups excluding carboxylic acids is 1. The van der Waals surface area contributed by atoms with Gasteiger partial charge in [0.05, 0.1) is 16.2 Å². The molecule has 170 valence electrons. The lowest BCUT2D eigenvalue weighted by Gasteiger charge is -2.34. The van der Waals surface area contributed by atoms with Gasteiger partial charge >= 0.3 is 5.76 Å². The number of sulfone groups is 1. The van der Waals surface area contributed by atoms with Crippen LogP contribution in [0.15, 0.2) is 62.6 Å². The van der Waals surface area contributed by atoms with Crippen molar-refractivity contribution in [3.63, 3.8) is 0 Å². The molecule has 8 nitrogen and oxygen atoms in total. The highest BCUT2D eigenvalue weighted by Gasteiger charge is 2.22. The van der Waals surface area contributed by atoms with Crippen LogP contribution in [0.4, 0.5) is 5.69 Å². The number of nitrogens with zero attached hydrogens (tertiary/aromatic N) is 2. The zero-order chi connectivity index (χ0) is 22.7. The molecule has 9 heteroatoms. The minimum Gasteiger partial charge on any atom is -0.408 e. The van der Waals surface area contributed by atoms with E-state index in [0.29, 0.717) is 16.0 Å². The van der Waals surface area contributed by atoms with Gasteiger partial charge in [-0.3, -0.25) is 9.36 Å². The van der Waals surface area contributed by atoms with Crippen LogP contribution in [0, 0.1) is 0 Å². The molecule has 0 spiro atoms. The van der Waals surface area contributed by atoms with Crippen LogP contribution < -0.4 is 16.0 Å². The van der Waals surface area contributed by atoms with Crippen molar-refractivity contribution in [2.45, 2.75) is 43.7 Å². The highest BCUT2D eigenvalue weighted by atomic mass is 32.2. The van der Waals surface area contributed by atoms with Gasteiger partial charge in [-0.2, -0.15) is 0 Å². The molecule has 1 N–H and O–H groups in total.